The third-order valence-electron chi connectivity index (χ3n) is 4.01. The summed E-state index contributed by atoms with van der Waals surface area (Å²) >= 11 is 0. The summed E-state index contributed by atoms with van der Waals surface area (Å²) in [6.07, 6.45) is 4.20. The number of anilines is 1. The number of amides is 1. The number of hydrogen-bond donors (Lipinski definition) is 0. The van der Waals surface area contributed by atoms with Crippen LogP contribution in [0.15, 0.2) is 24.7 Å². The highest BCUT2D eigenvalue weighted by atomic mass is 32.2. The number of sulfone groups is 1. The van der Waals surface area contributed by atoms with Gasteiger partial charge in [-0.1, -0.05) is 0 Å². The Morgan fingerprint density at radius 1 is 1.31 bits per heavy atom. The molecule has 0 saturated carbocycles. The van der Waals surface area contributed by atoms with Crippen molar-refractivity contribution < 1.29 is 22.0 Å². The van der Waals surface area contributed by atoms with E-state index in [0.717, 1.165) is 0 Å². The first-order valence-corrected chi connectivity index (χ1v) is 9.42. The number of nitrogens with zero attached hydrogens (tertiary/aromatic N) is 5. The summed E-state index contributed by atoms with van der Waals surface area (Å²) in [6.45, 7) is 4.65. The first-order valence-electron chi connectivity index (χ1n) is 7.82. The van der Waals surface area contributed by atoms with Crippen molar-refractivity contribution in [3.05, 3.63) is 35.9 Å². The lowest BCUT2D eigenvalue weighted by Gasteiger charge is -2.20. The molecular formula is C15H19F2N5O3S. The monoisotopic (exact) mass is 387 g/mol. The Kier molecular flexibility index (Phi) is 6.01. The molecule has 11 heteroatoms. The largest absolute Gasteiger partial charge is 0.337 e. The fourth-order valence-corrected chi connectivity index (χ4v) is 3.10. The number of hydrogen-bond acceptors (Lipinski definition) is 6. The molecule has 0 aliphatic carbocycles. The molecule has 2 rings (SSSR count). The molecule has 0 radical (unpaired) electrons. The Morgan fingerprint density at radius 3 is 2.54 bits per heavy atom. The van der Waals surface area contributed by atoms with Gasteiger partial charge in [0, 0.05) is 12.2 Å². The Labute approximate surface area is 149 Å². The van der Waals surface area contributed by atoms with Crippen LogP contribution >= 0.6 is 0 Å². The number of aromatic nitrogens is 4. The summed E-state index contributed by atoms with van der Waals surface area (Å²) in [4.78, 5) is 14.2. The van der Waals surface area contributed by atoms with Crippen LogP contribution in [0.3, 0.4) is 0 Å². The maximum Gasteiger partial charge on any atom is 0.337 e. The SMILES string of the molecule is CCN(C(=O)c1cnn(CC(C)S(=O)(=O)C(F)F)c1C)c1ccnnc1. The van der Waals surface area contributed by atoms with E-state index in [1.54, 1.807) is 19.9 Å². The fraction of sp³-hybridized carbons (Fsp3) is 0.467. The summed E-state index contributed by atoms with van der Waals surface area (Å²) < 4.78 is 49.6. The molecule has 2 aromatic rings. The molecule has 0 N–H and O–H groups in total. The van der Waals surface area contributed by atoms with E-state index in [2.05, 4.69) is 15.3 Å². The highest BCUT2D eigenvalue weighted by molar-refractivity contribution is 7.92. The van der Waals surface area contributed by atoms with Gasteiger partial charge in [0.15, 0.2) is 0 Å². The molecule has 0 aliphatic heterocycles. The molecule has 0 bridgehead atoms. The number of halogens is 2. The van der Waals surface area contributed by atoms with Gasteiger partial charge in [0.2, 0.25) is 9.84 Å². The van der Waals surface area contributed by atoms with Gasteiger partial charge in [0.25, 0.3) is 5.91 Å². The first kappa shape index (κ1) is 19.9. The molecule has 1 atom stereocenters. The third-order valence-corrected chi connectivity index (χ3v) is 5.78. The minimum atomic E-state index is -4.57. The summed E-state index contributed by atoms with van der Waals surface area (Å²) in [6, 6.07) is 1.63. The lowest BCUT2D eigenvalue weighted by Crippen LogP contribution is -2.31. The second-order valence-corrected chi connectivity index (χ2v) is 7.98. The van der Waals surface area contributed by atoms with E-state index >= 15 is 0 Å². The van der Waals surface area contributed by atoms with Crippen LogP contribution in [-0.2, 0) is 16.4 Å². The van der Waals surface area contributed by atoms with Gasteiger partial charge >= 0.3 is 5.76 Å². The third kappa shape index (κ3) is 3.87. The number of rotatable bonds is 7. The van der Waals surface area contributed by atoms with Crippen molar-refractivity contribution in [1.29, 1.82) is 0 Å². The van der Waals surface area contributed by atoms with Gasteiger partial charge in [-0.15, -0.1) is 0 Å². The van der Waals surface area contributed by atoms with Gasteiger partial charge in [-0.3, -0.25) is 9.48 Å². The summed E-state index contributed by atoms with van der Waals surface area (Å²) in [7, 11) is -4.57. The Hall–Kier alpha value is -2.43. The zero-order valence-electron chi connectivity index (χ0n) is 14.5. The van der Waals surface area contributed by atoms with Crippen molar-refractivity contribution in [2.75, 3.05) is 11.4 Å². The highest BCUT2D eigenvalue weighted by Crippen LogP contribution is 2.19. The molecule has 0 saturated heterocycles. The van der Waals surface area contributed by atoms with Gasteiger partial charge in [-0.25, -0.2) is 8.42 Å². The maximum atomic E-state index is 12.8. The van der Waals surface area contributed by atoms with Crippen LogP contribution < -0.4 is 4.90 Å². The Morgan fingerprint density at radius 2 is 2.00 bits per heavy atom. The Bertz CT molecular complexity index is 871. The second-order valence-electron chi connectivity index (χ2n) is 5.64. The van der Waals surface area contributed by atoms with Crippen molar-refractivity contribution in [3.63, 3.8) is 0 Å². The van der Waals surface area contributed by atoms with E-state index < -0.39 is 20.8 Å². The fourth-order valence-electron chi connectivity index (χ4n) is 2.40. The molecule has 8 nitrogen and oxygen atoms in total. The van der Waals surface area contributed by atoms with Gasteiger partial charge in [0.05, 0.1) is 41.6 Å². The van der Waals surface area contributed by atoms with Crippen molar-refractivity contribution >= 4 is 21.4 Å². The maximum absolute atomic E-state index is 12.8. The lowest BCUT2D eigenvalue weighted by molar-refractivity contribution is 0.0987. The van der Waals surface area contributed by atoms with E-state index in [1.165, 1.54) is 35.1 Å². The average Bonchev–Trinajstić information content (AvgIpc) is 2.96. The zero-order chi connectivity index (χ0) is 19.5. The second kappa shape index (κ2) is 7.85. The zero-order valence-corrected chi connectivity index (χ0v) is 15.3. The van der Waals surface area contributed by atoms with Crippen molar-refractivity contribution in [3.8, 4) is 0 Å². The van der Waals surface area contributed by atoms with Gasteiger partial charge in [-0.2, -0.15) is 24.1 Å². The van der Waals surface area contributed by atoms with Crippen molar-refractivity contribution in [2.45, 2.75) is 38.3 Å². The van der Waals surface area contributed by atoms with Crippen LogP contribution in [-0.4, -0.2) is 51.9 Å². The first-order chi connectivity index (χ1) is 12.2. The molecule has 142 valence electrons. The molecule has 0 fully saturated rings. The normalized spacial score (nSPS) is 13.0. The molecule has 1 amide bonds. The summed E-state index contributed by atoms with van der Waals surface area (Å²) in [5, 5.41) is 10.1. The van der Waals surface area contributed by atoms with E-state index in [4.69, 9.17) is 0 Å². The topological polar surface area (TPSA) is 98.1 Å². The van der Waals surface area contributed by atoms with Crippen molar-refractivity contribution in [1.82, 2.24) is 20.0 Å². The molecule has 0 aromatic carbocycles. The van der Waals surface area contributed by atoms with Gasteiger partial charge < -0.3 is 4.90 Å². The molecule has 26 heavy (non-hydrogen) atoms. The number of carbonyl (C=O) groups is 1. The van der Waals surface area contributed by atoms with Crippen LogP contribution in [0.2, 0.25) is 0 Å². The van der Waals surface area contributed by atoms with Crippen LogP contribution in [0, 0.1) is 6.92 Å². The predicted octanol–water partition coefficient (Wildman–Crippen LogP) is 1.67. The van der Waals surface area contributed by atoms with E-state index in [-0.39, 0.29) is 18.0 Å². The van der Waals surface area contributed by atoms with E-state index in [9.17, 15) is 22.0 Å². The van der Waals surface area contributed by atoms with Gasteiger partial charge in [-0.05, 0) is 26.8 Å². The summed E-state index contributed by atoms with van der Waals surface area (Å²) in [5.74, 6) is -3.81. The van der Waals surface area contributed by atoms with Crippen molar-refractivity contribution in [2.24, 2.45) is 0 Å². The average molecular weight is 387 g/mol. The van der Waals surface area contributed by atoms with Crippen LogP contribution in [0.1, 0.15) is 29.9 Å². The standard InChI is InChI=1S/C15H19F2N5O3S/c1-4-21(12-5-6-18-19-7-12)14(23)13-8-20-22(11(13)3)9-10(2)26(24,25)15(16)17/h5-8,10,15H,4,9H2,1-3H3. The van der Waals surface area contributed by atoms with E-state index in [0.29, 0.717) is 17.9 Å². The van der Waals surface area contributed by atoms with Crippen LogP contribution in [0.4, 0.5) is 14.5 Å². The molecule has 1 unspecified atom stereocenters. The molecule has 0 spiro atoms. The molecule has 2 aromatic heterocycles. The quantitative estimate of drug-likeness (QED) is 0.717. The van der Waals surface area contributed by atoms with Crippen LogP contribution in [0.5, 0.6) is 0 Å². The predicted molar refractivity (Wildman–Crippen MR) is 90.7 cm³/mol. The molecule has 0 aliphatic rings. The Balaban J connectivity index is 2.27. The minimum absolute atomic E-state index is 0.255. The lowest BCUT2D eigenvalue weighted by atomic mass is 10.2. The smallest absolute Gasteiger partial charge is 0.307 e. The summed E-state index contributed by atoms with van der Waals surface area (Å²) in [5.41, 5.74) is 1.20. The highest BCUT2D eigenvalue weighted by Gasteiger charge is 2.32. The minimum Gasteiger partial charge on any atom is -0.307 e. The van der Waals surface area contributed by atoms with Crippen LogP contribution in [0.25, 0.3) is 0 Å². The molecule has 2 heterocycles. The van der Waals surface area contributed by atoms with E-state index in [1.807, 2.05) is 0 Å². The number of carbonyl (C=O) groups excluding carboxylic acids is 1. The number of alkyl halides is 2. The van der Waals surface area contributed by atoms with Gasteiger partial charge in [0.1, 0.15) is 0 Å². The molecular weight excluding hydrogens is 368 g/mol.